The van der Waals surface area contributed by atoms with Crippen LogP contribution in [0.25, 0.3) is 21.9 Å². The Balaban J connectivity index is 1.29. The number of esters is 3. The lowest BCUT2D eigenvalue weighted by Crippen LogP contribution is -2.42. The summed E-state index contributed by atoms with van der Waals surface area (Å²) in [6, 6.07) is 35.9. The number of hydrogen-bond donors (Lipinski definition) is 0. The first kappa shape index (κ1) is 32.2. The number of fused-ring (bicyclic) bond motifs is 1. The van der Waals surface area contributed by atoms with Gasteiger partial charge in [-0.25, -0.2) is 14.4 Å². The third-order valence-electron chi connectivity index (χ3n) is 8.38. The summed E-state index contributed by atoms with van der Waals surface area (Å²) in [7, 11) is 0. The minimum atomic E-state index is -1.33. The van der Waals surface area contributed by atoms with Gasteiger partial charge in [0.15, 0.2) is 18.4 Å². The highest BCUT2D eigenvalue weighted by Crippen LogP contribution is 2.35. The first-order valence-corrected chi connectivity index (χ1v) is 15.9. The second-order valence-electron chi connectivity index (χ2n) is 11.6. The zero-order valence-electron chi connectivity index (χ0n) is 26.5. The van der Waals surface area contributed by atoms with Gasteiger partial charge in [-0.05, 0) is 65.5 Å². The average molecular weight is 667 g/mol. The van der Waals surface area contributed by atoms with Gasteiger partial charge in [0.05, 0.1) is 16.7 Å². The molecule has 10 nitrogen and oxygen atoms in total. The molecule has 0 unspecified atom stereocenters. The van der Waals surface area contributed by atoms with E-state index in [0.717, 1.165) is 11.1 Å². The van der Waals surface area contributed by atoms with Crippen LogP contribution in [0.1, 0.15) is 37.3 Å². The Bertz CT molecular complexity index is 2190. The number of rotatable bonds is 9. The first-order valence-electron chi connectivity index (χ1n) is 15.9. The smallest absolute Gasteiger partial charge is 0.338 e. The molecule has 10 heteroatoms. The Hall–Kier alpha value is -6.39. The molecule has 1 aliphatic rings. The maximum Gasteiger partial charge on any atom is 0.338 e. The molecule has 6 aromatic rings. The van der Waals surface area contributed by atoms with Crippen molar-refractivity contribution in [3.05, 3.63) is 173 Å². The highest BCUT2D eigenvalue weighted by molar-refractivity contribution is 5.91. The van der Waals surface area contributed by atoms with Crippen LogP contribution in [-0.4, -0.2) is 52.4 Å². The van der Waals surface area contributed by atoms with Crippen molar-refractivity contribution < 1.29 is 33.3 Å². The van der Waals surface area contributed by atoms with Crippen molar-refractivity contribution in [2.75, 3.05) is 6.61 Å². The number of pyridine rings is 2. The predicted molar refractivity (Wildman–Crippen MR) is 183 cm³/mol. The molecular formula is C40H30N2O8. The van der Waals surface area contributed by atoms with E-state index in [1.165, 1.54) is 10.8 Å². The molecule has 7 rings (SSSR count). The van der Waals surface area contributed by atoms with Crippen molar-refractivity contribution >= 4 is 28.7 Å². The predicted octanol–water partition coefficient (Wildman–Crippen LogP) is 6.27. The molecule has 0 saturated carbocycles. The van der Waals surface area contributed by atoms with Crippen LogP contribution in [0.4, 0.5) is 0 Å². The second kappa shape index (κ2) is 14.4. The summed E-state index contributed by atoms with van der Waals surface area (Å²) in [6.07, 6.45) is -0.0962. The van der Waals surface area contributed by atoms with Gasteiger partial charge in [-0.1, -0.05) is 72.8 Å². The summed E-state index contributed by atoms with van der Waals surface area (Å²) in [5.74, 6) is -2.07. The summed E-state index contributed by atoms with van der Waals surface area (Å²) in [5.41, 5.74) is 1.96. The van der Waals surface area contributed by atoms with Gasteiger partial charge in [-0.3, -0.25) is 14.3 Å². The van der Waals surface area contributed by atoms with Gasteiger partial charge in [-0.2, -0.15) is 0 Å². The molecule has 4 aromatic carbocycles. The molecule has 2 aromatic heterocycles. The number of carbonyl (C=O) groups excluding carboxylic acids is 3. The average Bonchev–Trinajstić information content (AvgIpc) is 3.50. The number of hydrogen-bond acceptors (Lipinski definition) is 9. The molecule has 0 aliphatic carbocycles. The monoisotopic (exact) mass is 666 g/mol. The van der Waals surface area contributed by atoms with E-state index in [1.807, 2.05) is 24.3 Å². The quantitative estimate of drug-likeness (QED) is 0.130. The van der Waals surface area contributed by atoms with Gasteiger partial charge in [0.25, 0.3) is 5.56 Å². The standard InChI is InChI=1S/C40H30N2O8/c43-36-32-23-30(31-17-10-21-41-24-31)19-18-26(32)20-22-42(36)37-35(50-40(46)29-15-8-3-9-16-29)34(49-39(45)28-13-6-2-7-14-28)33(48-37)25-47-38(44)27-11-4-1-5-12-27/h1-24,33-35,37H,25H2/t33-,34+,35-,37-/m1/s1. The molecule has 50 heavy (non-hydrogen) atoms. The maximum absolute atomic E-state index is 14.2. The van der Waals surface area contributed by atoms with E-state index in [4.69, 9.17) is 18.9 Å². The molecule has 0 radical (unpaired) electrons. The fourth-order valence-corrected chi connectivity index (χ4v) is 5.85. The normalized spacial score (nSPS) is 18.3. The molecule has 1 saturated heterocycles. The second-order valence-corrected chi connectivity index (χ2v) is 11.6. The highest BCUT2D eigenvalue weighted by atomic mass is 16.7. The summed E-state index contributed by atoms with van der Waals surface area (Å²) in [4.78, 5) is 58.4. The molecule has 0 N–H and O–H groups in total. The number of benzene rings is 4. The van der Waals surface area contributed by atoms with Crippen LogP contribution in [0.5, 0.6) is 0 Å². The SMILES string of the molecule is O=C(OC[C@H]1O[C@@H](n2ccc3ccc(-c4cccnc4)cc3c2=O)[C@H](OC(=O)c2ccccc2)[C@H]1OC(=O)c1ccccc1)c1ccccc1. The number of carbonyl (C=O) groups is 3. The van der Waals surface area contributed by atoms with Crippen LogP contribution in [0, 0.1) is 0 Å². The molecule has 0 bridgehead atoms. The lowest BCUT2D eigenvalue weighted by Gasteiger charge is -2.25. The Morgan fingerprint density at radius 1 is 0.660 bits per heavy atom. The van der Waals surface area contributed by atoms with Crippen molar-refractivity contribution in [3.8, 4) is 11.1 Å². The molecule has 4 atom stereocenters. The van der Waals surface area contributed by atoms with Gasteiger partial charge in [0.2, 0.25) is 0 Å². The minimum absolute atomic E-state index is 0.241. The maximum atomic E-state index is 14.2. The van der Waals surface area contributed by atoms with Gasteiger partial charge >= 0.3 is 17.9 Å². The van der Waals surface area contributed by atoms with Crippen LogP contribution >= 0.6 is 0 Å². The van der Waals surface area contributed by atoms with Gasteiger partial charge in [0.1, 0.15) is 12.7 Å². The van der Waals surface area contributed by atoms with Crippen LogP contribution in [-0.2, 0) is 18.9 Å². The summed E-state index contributed by atoms with van der Waals surface area (Å²) < 4.78 is 25.4. The first-order chi connectivity index (χ1) is 24.5. The highest BCUT2D eigenvalue weighted by Gasteiger charge is 2.51. The number of nitrogens with zero attached hydrogens (tertiary/aromatic N) is 2. The lowest BCUT2D eigenvalue weighted by atomic mass is 10.0. The Labute approximate surface area is 286 Å². The van der Waals surface area contributed by atoms with E-state index < -0.39 is 48.0 Å². The Kier molecular flexibility index (Phi) is 9.26. The number of ether oxygens (including phenoxy) is 4. The molecule has 3 heterocycles. The fourth-order valence-electron chi connectivity index (χ4n) is 5.85. The van der Waals surface area contributed by atoms with Gasteiger partial charge in [0, 0.05) is 29.5 Å². The van der Waals surface area contributed by atoms with Crippen LogP contribution in [0.2, 0.25) is 0 Å². The lowest BCUT2D eigenvalue weighted by molar-refractivity contribution is -0.0632. The van der Waals surface area contributed by atoms with E-state index in [1.54, 1.807) is 116 Å². The van der Waals surface area contributed by atoms with Crippen molar-refractivity contribution in [1.82, 2.24) is 9.55 Å². The largest absolute Gasteiger partial charge is 0.459 e. The summed E-state index contributed by atoms with van der Waals surface area (Å²) >= 11 is 0. The molecular weight excluding hydrogens is 636 g/mol. The Morgan fingerprint density at radius 3 is 1.86 bits per heavy atom. The third-order valence-corrected chi connectivity index (χ3v) is 8.38. The summed E-state index contributed by atoms with van der Waals surface area (Å²) in [6.45, 7) is -0.371. The summed E-state index contributed by atoms with van der Waals surface area (Å²) in [5, 5.41) is 1.05. The zero-order valence-corrected chi connectivity index (χ0v) is 26.5. The minimum Gasteiger partial charge on any atom is -0.459 e. The van der Waals surface area contributed by atoms with E-state index in [0.29, 0.717) is 16.3 Å². The van der Waals surface area contributed by atoms with Crippen LogP contribution in [0.15, 0.2) is 151 Å². The molecule has 0 amide bonds. The molecule has 248 valence electrons. The van der Waals surface area contributed by atoms with Crippen molar-refractivity contribution in [3.63, 3.8) is 0 Å². The van der Waals surface area contributed by atoms with E-state index in [2.05, 4.69) is 4.98 Å². The third kappa shape index (κ3) is 6.78. The fraction of sp³-hybridized carbons (Fsp3) is 0.125. The van der Waals surface area contributed by atoms with Crippen LogP contribution in [0.3, 0.4) is 0 Å². The molecule has 0 spiro atoms. The van der Waals surface area contributed by atoms with Gasteiger partial charge in [-0.15, -0.1) is 0 Å². The van der Waals surface area contributed by atoms with Crippen LogP contribution < -0.4 is 5.56 Å². The van der Waals surface area contributed by atoms with Crippen molar-refractivity contribution in [2.45, 2.75) is 24.5 Å². The zero-order chi connectivity index (χ0) is 34.5. The van der Waals surface area contributed by atoms with Crippen molar-refractivity contribution in [2.24, 2.45) is 0 Å². The number of aromatic nitrogens is 2. The van der Waals surface area contributed by atoms with Crippen molar-refractivity contribution in [1.29, 1.82) is 0 Å². The molecule has 1 aliphatic heterocycles. The molecule has 1 fully saturated rings. The van der Waals surface area contributed by atoms with Gasteiger partial charge < -0.3 is 18.9 Å². The van der Waals surface area contributed by atoms with E-state index in [9.17, 15) is 19.2 Å². The van der Waals surface area contributed by atoms with E-state index >= 15 is 0 Å². The van der Waals surface area contributed by atoms with E-state index in [-0.39, 0.29) is 17.7 Å². The topological polar surface area (TPSA) is 123 Å². The Morgan fingerprint density at radius 2 is 1.26 bits per heavy atom.